The Bertz CT molecular complexity index is 114. The molecule has 0 aromatic carbocycles. The molecule has 60 valence electrons. The van der Waals surface area contributed by atoms with E-state index < -0.39 is 0 Å². The molecule has 0 saturated heterocycles. The lowest BCUT2D eigenvalue weighted by molar-refractivity contribution is 0.412. The largest absolute Gasteiger partial charge is 0.212 e. The average molecular weight is 144 g/mol. The molecule has 0 radical (unpaired) electrons. The van der Waals surface area contributed by atoms with Crippen LogP contribution in [0.25, 0.3) is 0 Å². The van der Waals surface area contributed by atoms with Crippen molar-refractivity contribution in [2.75, 3.05) is 0 Å². The quantitative estimate of drug-likeness (QED) is 0.568. The van der Waals surface area contributed by atoms with Gasteiger partial charge in [0.05, 0.1) is 5.83 Å². The molecule has 0 saturated carbocycles. The predicted molar refractivity (Wildman–Crippen MR) is 43.5 cm³/mol. The van der Waals surface area contributed by atoms with Gasteiger partial charge < -0.3 is 0 Å². The lowest BCUT2D eigenvalue weighted by Crippen LogP contribution is -1.99. The van der Waals surface area contributed by atoms with Gasteiger partial charge in [-0.15, -0.1) is 0 Å². The van der Waals surface area contributed by atoms with Gasteiger partial charge in [-0.3, -0.25) is 0 Å². The molecule has 1 atom stereocenters. The van der Waals surface area contributed by atoms with Gasteiger partial charge in [-0.25, -0.2) is 4.39 Å². The molecule has 1 heteroatoms. The summed E-state index contributed by atoms with van der Waals surface area (Å²) in [5, 5.41) is 0. The highest BCUT2D eigenvalue weighted by atomic mass is 19.1. The highest BCUT2D eigenvalue weighted by molar-refractivity contribution is 4.93. The van der Waals surface area contributed by atoms with Crippen LogP contribution in [0.1, 0.15) is 34.1 Å². The maximum Gasteiger partial charge on any atom is 0.0985 e. The summed E-state index contributed by atoms with van der Waals surface area (Å²) in [5.41, 5.74) is 0. The summed E-state index contributed by atoms with van der Waals surface area (Å²) in [6.07, 6.45) is 2.49. The predicted octanol–water partition coefficient (Wildman–Crippen LogP) is 3.54. The lowest BCUT2D eigenvalue weighted by atomic mass is 9.98. The van der Waals surface area contributed by atoms with Crippen LogP contribution < -0.4 is 0 Å². The van der Waals surface area contributed by atoms with E-state index in [1.165, 1.54) is 0 Å². The summed E-state index contributed by atoms with van der Waals surface area (Å²) in [6, 6.07) is 0. The van der Waals surface area contributed by atoms with Crippen LogP contribution in [0, 0.1) is 11.8 Å². The summed E-state index contributed by atoms with van der Waals surface area (Å²) >= 11 is 0. The minimum atomic E-state index is 0.0219. The Morgan fingerprint density at radius 3 is 2.20 bits per heavy atom. The van der Waals surface area contributed by atoms with Crippen molar-refractivity contribution in [2.45, 2.75) is 34.1 Å². The van der Waals surface area contributed by atoms with Crippen molar-refractivity contribution in [1.29, 1.82) is 0 Å². The van der Waals surface area contributed by atoms with Gasteiger partial charge in [-0.1, -0.05) is 26.8 Å². The van der Waals surface area contributed by atoms with Gasteiger partial charge in [0, 0.05) is 5.92 Å². The molecule has 0 fully saturated rings. The number of hydrogen-bond donors (Lipinski definition) is 0. The molecule has 0 aliphatic carbocycles. The zero-order chi connectivity index (χ0) is 8.15. The van der Waals surface area contributed by atoms with Crippen molar-refractivity contribution in [2.24, 2.45) is 11.8 Å². The third kappa shape index (κ3) is 3.65. The van der Waals surface area contributed by atoms with Crippen molar-refractivity contribution < 1.29 is 4.39 Å². The molecule has 0 nitrogen and oxygen atoms in total. The van der Waals surface area contributed by atoms with E-state index in [4.69, 9.17) is 0 Å². The smallest absolute Gasteiger partial charge is 0.0985 e. The van der Waals surface area contributed by atoms with Gasteiger partial charge in [-0.2, -0.15) is 0 Å². The fourth-order valence-electron chi connectivity index (χ4n) is 1.10. The fourth-order valence-corrected chi connectivity index (χ4v) is 1.10. The second kappa shape index (κ2) is 4.48. The van der Waals surface area contributed by atoms with E-state index in [1.807, 2.05) is 6.92 Å². The van der Waals surface area contributed by atoms with Gasteiger partial charge in [0.25, 0.3) is 0 Å². The summed E-state index contributed by atoms with van der Waals surface area (Å²) < 4.78 is 12.7. The van der Waals surface area contributed by atoms with E-state index in [-0.39, 0.29) is 11.7 Å². The molecule has 0 rings (SSSR count). The first-order chi connectivity index (χ1) is 4.57. The van der Waals surface area contributed by atoms with Crippen molar-refractivity contribution >= 4 is 0 Å². The van der Waals surface area contributed by atoms with Crippen LogP contribution in [-0.2, 0) is 0 Å². The Labute approximate surface area is 63.1 Å². The van der Waals surface area contributed by atoms with Crippen molar-refractivity contribution in [3.8, 4) is 0 Å². The molecular formula is C9H17F. The van der Waals surface area contributed by atoms with Crippen LogP contribution in [0.2, 0.25) is 0 Å². The Morgan fingerprint density at radius 2 is 1.90 bits per heavy atom. The molecular weight excluding hydrogens is 127 g/mol. The molecule has 0 spiro atoms. The zero-order valence-electron chi connectivity index (χ0n) is 7.32. The molecule has 10 heavy (non-hydrogen) atoms. The normalized spacial score (nSPS) is 16.0. The van der Waals surface area contributed by atoms with Crippen LogP contribution in [-0.4, -0.2) is 0 Å². The van der Waals surface area contributed by atoms with Gasteiger partial charge in [0.1, 0.15) is 0 Å². The lowest BCUT2D eigenvalue weighted by Gasteiger charge is -2.10. The van der Waals surface area contributed by atoms with Crippen molar-refractivity contribution in [1.82, 2.24) is 0 Å². The third-order valence-electron chi connectivity index (χ3n) is 1.57. The molecule has 0 unspecified atom stereocenters. The highest BCUT2D eigenvalue weighted by Crippen LogP contribution is 2.19. The first-order valence-electron chi connectivity index (χ1n) is 3.89. The van der Waals surface area contributed by atoms with Crippen LogP contribution in [0.15, 0.2) is 11.9 Å². The molecule has 0 aliphatic rings. The van der Waals surface area contributed by atoms with Crippen LogP contribution >= 0.6 is 0 Å². The molecule has 0 amide bonds. The number of halogens is 1. The third-order valence-corrected chi connectivity index (χ3v) is 1.57. The van der Waals surface area contributed by atoms with Crippen molar-refractivity contribution in [3.63, 3.8) is 0 Å². The van der Waals surface area contributed by atoms with Crippen LogP contribution in [0.5, 0.6) is 0 Å². The van der Waals surface area contributed by atoms with E-state index in [0.29, 0.717) is 5.92 Å². The van der Waals surface area contributed by atoms with Gasteiger partial charge in [0.15, 0.2) is 0 Å². The Morgan fingerprint density at radius 1 is 1.40 bits per heavy atom. The van der Waals surface area contributed by atoms with Crippen LogP contribution in [0.3, 0.4) is 0 Å². The maximum absolute atomic E-state index is 12.7. The standard InChI is InChI=1S/C9H17F/c1-5-9(10)8(4)6-7(2)3/h5,7-8H,6H2,1-4H3/b9-5+/t8-/m1/s1. The average Bonchev–Trinajstić information content (AvgIpc) is 1.85. The SMILES string of the molecule is C/C=C(/F)[C@H](C)CC(C)C. The molecule has 0 bridgehead atoms. The first kappa shape index (κ1) is 9.67. The highest BCUT2D eigenvalue weighted by Gasteiger charge is 2.08. The fraction of sp³-hybridized carbons (Fsp3) is 0.778. The maximum atomic E-state index is 12.7. The second-order valence-corrected chi connectivity index (χ2v) is 3.20. The minimum Gasteiger partial charge on any atom is -0.212 e. The molecule has 0 heterocycles. The Balaban J connectivity index is 3.73. The molecule has 0 aromatic heterocycles. The monoisotopic (exact) mass is 144 g/mol. The van der Waals surface area contributed by atoms with E-state index in [0.717, 1.165) is 6.42 Å². The minimum absolute atomic E-state index is 0.0219. The summed E-state index contributed by atoms with van der Waals surface area (Å²) in [6.45, 7) is 7.89. The Hall–Kier alpha value is -0.330. The Kier molecular flexibility index (Phi) is 4.33. The van der Waals surface area contributed by atoms with E-state index >= 15 is 0 Å². The zero-order valence-corrected chi connectivity index (χ0v) is 7.32. The van der Waals surface area contributed by atoms with E-state index in [1.54, 1.807) is 13.0 Å². The summed E-state index contributed by atoms with van der Waals surface area (Å²) in [7, 11) is 0. The van der Waals surface area contributed by atoms with E-state index in [2.05, 4.69) is 13.8 Å². The van der Waals surface area contributed by atoms with Crippen LogP contribution in [0.4, 0.5) is 4.39 Å². The summed E-state index contributed by atoms with van der Waals surface area (Å²) in [5.74, 6) is 0.708. The summed E-state index contributed by atoms with van der Waals surface area (Å²) in [4.78, 5) is 0. The van der Waals surface area contributed by atoms with Crippen molar-refractivity contribution in [3.05, 3.63) is 11.9 Å². The number of rotatable bonds is 3. The number of hydrogen-bond acceptors (Lipinski definition) is 0. The topological polar surface area (TPSA) is 0 Å². The second-order valence-electron chi connectivity index (χ2n) is 3.20. The first-order valence-corrected chi connectivity index (χ1v) is 3.89. The molecule has 0 aliphatic heterocycles. The van der Waals surface area contributed by atoms with Gasteiger partial charge in [-0.05, 0) is 19.3 Å². The number of allylic oxidation sites excluding steroid dienone is 2. The molecule has 0 aromatic rings. The van der Waals surface area contributed by atoms with Gasteiger partial charge in [0.2, 0.25) is 0 Å². The van der Waals surface area contributed by atoms with Gasteiger partial charge >= 0.3 is 0 Å². The van der Waals surface area contributed by atoms with E-state index in [9.17, 15) is 4.39 Å². The molecule has 0 N–H and O–H groups in total.